The zero-order chi connectivity index (χ0) is 11.9. The SMILES string of the molecule is CCC(O)(c1cccc2cnccc12)C1CC1. The number of aromatic nitrogens is 1. The van der Waals surface area contributed by atoms with Gasteiger partial charge in [0.05, 0.1) is 5.60 Å². The Kier molecular flexibility index (Phi) is 2.40. The molecule has 0 amide bonds. The fourth-order valence-electron chi connectivity index (χ4n) is 2.76. The first-order chi connectivity index (χ1) is 8.25. The molecule has 2 nitrogen and oxygen atoms in total. The minimum absolute atomic E-state index is 0.436. The zero-order valence-corrected chi connectivity index (χ0v) is 10.1. The maximum Gasteiger partial charge on any atom is 0.0927 e. The van der Waals surface area contributed by atoms with Crippen molar-refractivity contribution in [2.24, 2.45) is 5.92 Å². The van der Waals surface area contributed by atoms with Gasteiger partial charge in [-0.05, 0) is 42.2 Å². The molecule has 1 atom stereocenters. The molecule has 1 N–H and O–H groups in total. The third-order valence-corrected chi connectivity index (χ3v) is 3.94. The Morgan fingerprint density at radius 2 is 2.18 bits per heavy atom. The van der Waals surface area contributed by atoms with Crippen LogP contribution in [0.25, 0.3) is 10.8 Å². The van der Waals surface area contributed by atoms with E-state index in [4.69, 9.17) is 0 Å². The van der Waals surface area contributed by atoms with E-state index in [-0.39, 0.29) is 0 Å². The van der Waals surface area contributed by atoms with Gasteiger partial charge in [-0.25, -0.2) is 0 Å². The Balaban J connectivity index is 2.22. The van der Waals surface area contributed by atoms with Crippen molar-refractivity contribution in [3.8, 4) is 0 Å². The van der Waals surface area contributed by atoms with Gasteiger partial charge in [0.15, 0.2) is 0 Å². The summed E-state index contributed by atoms with van der Waals surface area (Å²) in [6, 6.07) is 8.13. The van der Waals surface area contributed by atoms with Gasteiger partial charge in [0, 0.05) is 17.8 Å². The Morgan fingerprint density at radius 1 is 1.35 bits per heavy atom. The third-order valence-electron chi connectivity index (χ3n) is 3.94. The van der Waals surface area contributed by atoms with E-state index in [9.17, 15) is 5.11 Å². The van der Waals surface area contributed by atoms with Gasteiger partial charge in [0.1, 0.15) is 0 Å². The molecule has 0 bridgehead atoms. The minimum Gasteiger partial charge on any atom is -0.385 e. The van der Waals surface area contributed by atoms with Crippen molar-refractivity contribution in [3.05, 3.63) is 42.2 Å². The highest BCUT2D eigenvalue weighted by molar-refractivity contribution is 5.85. The van der Waals surface area contributed by atoms with Gasteiger partial charge in [0.25, 0.3) is 0 Å². The highest BCUT2D eigenvalue weighted by atomic mass is 16.3. The summed E-state index contributed by atoms with van der Waals surface area (Å²) in [4.78, 5) is 4.14. The summed E-state index contributed by atoms with van der Waals surface area (Å²) in [6.45, 7) is 2.07. The van der Waals surface area contributed by atoms with Crippen LogP contribution in [0.5, 0.6) is 0 Å². The van der Waals surface area contributed by atoms with Gasteiger partial charge in [-0.2, -0.15) is 0 Å². The average Bonchev–Trinajstić information content (AvgIpc) is 3.22. The Hall–Kier alpha value is -1.41. The molecule has 0 spiro atoms. The fourth-order valence-corrected chi connectivity index (χ4v) is 2.76. The van der Waals surface area contributed by atoms with Crippen LogP contribution in [-0.4, -0.2) is 10.1 Å². The molecule has 0 aliphatic heterocycles. The smallest absolute Gasteiger partial charge is 0.0927 e. The van der Waals surface area contributed by atoms with Crippen molar-refractivity contribution in [2.45, 2.75) is 31.8 Å². The number of aliphatic hydroxyl groups is 1. The van der Waals surface area contributed by atoms with E-state index >= 15 is 0 Å². The average molecular weight is 227 g/mol. The second kappa shape index (κ2) is 3.81. The molecule has 1 aliphatic rings. The van der Waals surface area contributed by atoms with Gasteiger partial charge < -0.3 is 5.11 Å². The molecule has 17 heavy (non-hydrogen) atoms. The lowest BCUT2D eigenvalue weighted by Gasteiger charge is -2.28. The molecule has 1 heterocycles. The van der Waals surface area contributed by atoms with Crippen LogP contribution in [-0.2, 0) is 5.60 Å². The first kappa shape index (κ1) is 10.7. The van der Waals surface area contributed by atoms with Gasteiger partial charge in [0.2, 0.25) is 0 Å². The molecule has 0 radical (unpaired) electrons. The largest absolute Gasteiger partial charge is 0.385 e. The standard InChI is InChI=1S/C15H17NO/c1-2-15(17,12-6-7-12)14-5-3-4-11-10-16-9-8-13(11)14/h3-5,8-10,12,17H,2,6-7H2,1H3. The monoisotopic (exact) mass is 227 g/mol. The number of benzene rings is 1. The van der Waals surface area contributed by atoms with Crippen molar-refractivity contribution in [3.63, 3.8) is 0 Å². The van der Waals surface area contributed by atoms with Crippen molar-refractivity contribution in [2.75, 3.05) is 0 Å². The van der Waals surface area contributed by atoms with Crippen LogP contribution < -0.4 is 0 Å². The molecule has 1 unspecified atom stereocenters. The first-order valence-corrected chi connectivity index (χ1v) is 6.31. The van der Waals surface area contributed by atoms with Gasteiger partial charge in [-0.15, -0.1) is 0 Å². The van der Waals surface area contributed by atoms with Crippen LogP contribution in [0.2, 0.25) is 0 Å². The van der Waals surface area contributed by atoms with Gasteiger partial charge in [-0.3, -0.25) is 4.98 Å². The van der Waals surface area contributed by atoms with E-state index in [2.05, 4.69) is 24.0 Å². The summed E-state index contributed by atoms with van der Waals surface area (Å²) in [6.07, 6.45) is 6.73. The summed E-state index contributed by atoms with van der Waals surface area (Å²) in [5.74, 6) is 0.436. The Morgan fingerprint density at radius 3 is 2.88 bits per heavy atom. The second-order valence-corrected chi connectivity index (χ2v) is 4.95. The zero-order valence-electron chi connectivity index (χ0n) is 10.1. The number of rotatable bonds is 3. The van der Waals surface area contributed by atoms with E-state index in [0.717, 1.165) is 35.6 Å². The normalized spacial score (nSPS) is 19.2. The van der Waals surface area contributed by atoms with Crippen LogP contribution in [0, 0.1) is 5.92 Å². The summed E-state index contributed by atoms with van der Waals surface area (Å²) in [7, 11) is 0. The predicted octanol–water partition coefficient (Wildman–Crippen LogP) is 3.24. The number of fused-ring (bicyclic) bond motifs is 1. The molecule has 0 saturated heterocycles. The fraction of sp³-hybridized carbons (Fsp3) is 0.400. The molecule has 1 saturated carbocycles. The van der Waals surface area contributed by atoms with Crippen LogP contribution >= 0.6 is 0 Å². The van der Waals surface area contributed by atoms with Crippen LogP contribution in [0.15, 0.2) is 36.7 Å². The van der Waals surface area contributed by atoms with E-state index < -0.39 is 5.60 Å². The maximum absolute atomic E-state index is 10.9. The molecule has 2 aromatic rings. The van der Waals surface area contributed by atoms with Gasteiger partial charge >= 0.3 is 0 Å². The predicted molar refractivity (Wildman–Crippen MR) is 68.7 cm³/mol. The Labute approximate surface area is 101 Å². The molecular formula is C15H17NO. The molecule has 1 aliphatic carbocycles. The van der Waals surface area contributed by atoms with Crippen LogP contribution in [0.1, 0.15) is 31.7 Å². The van der Waals surface area contributed by atoms with E-state index in [0.29, 0.717) is 5.92 Å². The highest BCUT2D eigenvalue weighted by Crippen LogP contribution is 2.49. The summed E-state index contributed by atoms with van der Waals surface area (Å²) >= 11 is 0. The van der Waals surface area contributed by atoms with Crippen molar-refractivity contribution < 1.29 is 5.11 Å². The lowest BCUT2D eigenvalue weighted by Crippen LogP contribution is -2.27. The van der Waals surface area contributed by atoms with Crippen molar-refractivity contribution in [1.29, 1.82) is 0 Å². The molecule has 88 valence electrons. The molecule has 2 heteroatoms. The first-order valence-electron chi connectivity index (χ1n) is 6.31. The number of nitrogens with zero attached hydrogens (tertiary/aromatic N) is 1. The summed E-state index contributed by atoms with van der Waals surface area (Å²) in [5, 5.41) is 13.2. The highest BCUT2D eigenvalue weighted by Gasteiger charge is 2.44. The summed E-state index contributed by atoms with van der Waals surface area (Å²) in [5.41, 5.74) is 0.420. The minimum atomic E-state index is -0.652. The van der Waals surface area contributed by atoms with E-state index in [1.807, 2.05) is 18.3 Å². The van der Waals surface area contributed by atoms with E-state index in [1.165, 1.54) is 0 Å². The van der Waals surface area contributed by atoms with Crippen molar-refractivity contribution in [1.82, 2.24) is 4.98 Å². The third kappa shape index (κ3) is 1.64. The molecule has 1 aromatic carbocycles. The summed E-state index contributed by atoms with van der Waals surface area (Å²) < 4.78 is 0. The molecular weight excluding hydrogens is 210 g/mol. The second-order valence-electron chi connectivity index (χ2n) is 4.95. The number of pyridine rings is 1. The van der Waals surface area contributed by atoms with Gasteiger partial charge in [-0.1, -0.05) is 25.1 Å². The topological polar surface area (TPSA) is 33.1 Å². The Bertz CT molecular complexity index is 542. The molecule has 3 rings (SSSR count). The number of hydrogen-bond donors (Lipinski definition) is 1. The lowest BCUT2D eigenvalue weighted by atomic mass is 9.84. The van der Waals surface area contributed by atoms with Crippen molar-refractivity contribution >= 4 is 10.8 Å². The number of hydrogen-bond acceptors (Lipinski definition) is 2. The van der Waals surface area contributed by atoms with Crippen LogP contribution in [0.3, 0.4) is 0 Å². The lowest BCUT2D eigenvalue weighted by molar-refractivity contribution is 0.0104. The van der Waals surface area contributed by atoms with E-state index in [1.54, 1.807) is 6.20 Å². The van der Waals surface area contributed by atoms with Crippen LogP contribution in [0.4, 0.5) is 0 Å². The molecule has 1 fully saturated rings. The quantitative estimate of drug-likeness (QED) is 0.873. The maximum atomic E-state index is 10.9. The molecule has 1 aromatic heterocycles.